The van der Waals surface area contributed by atoms with Gasteiger partial charge in [-0.2, -0.15) is 0 Å². The topological polar surface area (TPSA) is 73.9 Å². The fourth-order valence-electron chi connectivity index (χ4n) is 0.915. The van der Waals surface area contributed by atoms with E-state index in [1.807, 2.05) is 0 Å². The summed E-state index contributed by atoms with van der Waals surface area (Å²) in [7, 11) is 1.29. The minimum absolute atomic E-state index is 0.252. The highest BCUT2D eigenvalue weighted by atomic mass is 16.8. The van der Waals surface area contributed by atoms with E-state index in [-0.39, 0.29) is 12.7 Å². The second-order valence-corrected chi connectivity index (χ2v) is 2.51. The maximum atomic E-state index is 10.6. The summed E-state index contributed by atoms with van der Waals surface area (Å²) in [6.07, 6.45) is -0.876. The van der Waals surface area contributed by atoms with Gasteiger partial charge in [0.25, 0.3) is 0 Å². The number of amides is 1. The molecule has 13 heavy (non-hydrogen) atoms. The molecule has 6 heteroatoms. The van der Waals surface area contributed by atoms with E-state index < -0.39 is 12.2 Å². The van der Waals surface area contributed by atoms with Gasteiger partial charge in [-0.05, 0) is 0 Å². The lowest BCUT2D eigenvalue weighted by atomic mass is 10.3. The predicted octanol–water partition coefficient (Wildman–Crippen LogP) is 0.268. The molecule has 1 unspecified atom stereocenters. The van der Waals surface area contributed by atoms with Crippen molar-refractivity contribution in [3.63, 3.8) is 0 Å². The molecule has 0 bridgehead atoms. The molecule has 0 aromatic carbocycles. The fraction of sp³-hybridized carbons (Fsp3) is 0.714. The van der Waals surface area contributed by atoms with Gasteiger partial charge in [0, 0.05) is 13.0 Å². The summed E-state index contributed by atoms with van der Waals surface area (Å²) < 4.78 is 13.6. The largest absolute Gasteiger partial charge is 0.508 e. The molecule has 0 saturated carbocycles. The third kappa shape index (κ3) is 3.18. The first-order valence-corrected chi connectivity index (χ1v) is 3.87. The van der Waals surface area contributed by atoms with Crippen LogP contribution in [-0.2, 0) is 14.2 Å². The van der Waals surface area contributed by atoms with E-state index in [9.17, 15) is 9.59 Å². The van der Waals surface area contributed by atoms with E-state index in [1.165, 1.54) is 7.11 Å². The number of nitrogens with one attached hydrogen (secondary N) is 1. The molecule has 1 saturated heterocycles. The Kier molecular flexibility index (Phi) is 3.36. The Morgan fingerprint density at radius 3 is 3.08 bits per heavy atom. The number of hydrogen-bond donors (Lipinski definition) is 1. The van der Waals surface area contributed by atoms with E-state index in [1.54, 1.807) is 0 Å². The zero-order chi connectivity index (χ0) is 9.68. The number of alkyl carbamates (subject to hydrolysis) is 1. The molecule has 0 aliphatic carbocycles. The highest BCUT2D eigenvalue weighted by Crippen LogP contribution is 2.08. The van der Waals surface area contributed by atoms with Crippen molar-refractivity contribution in [2.45, 2.75) is 12.5 Å². The van der Waals surface area contributed by atoms with Gasteiger partial charge in [-0.3, -0.25) is 0 Å². The van der Waals surface area contributed by atoms with E-state index in [0.29, 0.717) is 13.0 Å². The fourth-order valence-corrected chi connectivity index (χ4v) is 0.915. The quantitative estimate of drug-likeness (QED) is 0.645. The maximum absolute atomic E-state index is 10.6. The van der Waals surface area contributed by atoms with Crippen LogP contribution >= 0.6 is 0 Å². The standard InChI is InChI=1S/C7H11NO5/c1-11-6(9)8-3-2-5-4-12-7(10)13-5/h5H,2-4H2,1H3,(H,8,9). The number of carbonyl (C=O) groups is 2. The van der Waals surface area contributed by atoms with Crippen LogP contribution in [0.2, 0.25) is 0 Å². The van der Waals surface area contributed by atoms with Crippen molar-refractivity contribution in [2.75, 3.05) is 20.3 Å². The summed E-state index contributed by atoms with van der Waals surface area (Å²) in [4.78, 5) is 21.0. The molecular formula is C7H11NO5. The van der Waals surface area contributed by atoms with Gasteiger partial charge in [-0.1, -0.05) is 0 Å². The number of carbonyl (C=O) groups excluding carboxylic acids is 2. The van der Waals surface area contributed by atoms with Crippen molar-refractivity contribution in [1.29, 1.82) is 0 Å². The summed E-state index contributed by atoms with van der Waals surface area (Å²) >= 11 is 0. The second-order valence-electron chi connectivity index (χ2n) is 2.51. The molecule has 6 nitrogen and oxygen atoms in total. The molecular weight excluding hydrogens is 178 g/mol. The average molecular weight is 189 g/mol. The number of hydrogen-bond acceptors (Lipinski definition) is 5. The van der Waals surface area contributed by atoms with Crippen LogP contribution in [0.3, 0.4) is 0 Å². The van der Waals surface area contributed by atoms with Crippen molar-refractivity contribution in [3.8, 4) is 0 Å². The Hall–Kier alpha value is -1.46. The third-order valence-corrected chi connectivity index (χ3v) is 1.57. The molecule has 1 heterocycles. The molecule has 1 fully saturated rings. The van der Waals surface area contributed by atoms with Crippen LogP contribution in [0.5, 0.6) is 0 Å². The van der Waals surface area contributed by atoms with Crippen molar-refractivity contribution >= 4 is 12.2 Å². The minimum atomic E-state index is -0.650. The highest BCUT2D eigenvalue weighted by molar-refractivity contribution is 5.66. The van der Waals surface area contributed by atoms with Crippen LogP contribution in [0.25, 0.3) is 0 Å². The Labute approximate surface area is 75.1 Å². The molecule has 1 rings (SSSR count). The molecule has 0 radical (unpaired) electrons. The van der Waals surface area contributed by atoms with Gasteiger partial charge >= 0.3 is 12.2 Å². The zero-order valence-corrected chi connectivity index (χ0v) is 7.24. The van der Waals surface area contributed by atoms with Gasteiger partial charge in [-0.15, -0.1) is 0 Å². The smallest absolute Gasteiger partial charge is 0.453 e. The Bertz CT molecular complexity index is 205. The second kappa shape index (κ2) is 4.54. The first-order valence-electron chi connectivity index (χ1n) is 3.87. The van der Waals surface area contributed by atoms with Crippen molar-refractivity contribution in [3.05, 3.63) is 0 Å². The van der Waals surface area contributed by atoms with Crippen LogP contribution in [0.15, 0.2) is 0 Å². The van der Waals surface area contributed by atoms with Gasteiger partial charge in [-0.25, -0.2) is 9.59 Å². The van der Waals surface area contributed by atoms with Gasteiger partial charge in [0.2, 0.25) is 0 Å². The lowest BCUT2D eigenvalue weighted by molar-refractivity contribution is 0.116. The van der Waals surface area contributed by atoms with E-state index >= 15 is 0 Å². The SMILES string of the molecule is COC(=O)NCCC1COC(=O)O1. The molecule has 0 aromatic rings. The van der Waals surface area contributed by atoms with Crippen LogP contribution in [-0.4, -0.2) is 38.6 Å². The molecule has 1 atom stereocenters. The first-order chi connectivity index (χ1) is 6.22. The summed E-state index contributed by atoms with van der Waals surface area (Å²) in [6.45, 7) is 0.648. The normalized spacial score (nSPS) is 20.4. The van der Waals surface area contributed by atoms with Crippen molar-refractivity contribution in [2.24, 2.45) is 0 Å². The molecule has 1 aliphatic rings. The van der Waals surface area contributed by atoms with Crippen LogP contribution in [0, 0.1) is 0 Å². The number of cyclic esters (lactones) is 2. The minimum Gasteiger partial charge on any atom is -0.453 e. The summed E-state index contributed by atoms with van der Waals surface area (Å²) in [5.74, 6) is 0. The van der Waals surface area contributed by atoms with Gasteiger partial charge in [0.1, 0.15) is 12.7 Å². The maximum Gasteiger partial charge on any atom is 0.508 e. The van der Waals surface area contributed by atoms with Crippen molar-refractivity contribution < 1.29 is 23.8 Å². The number of rotatable bonds is 3. The molecule has 74 valence electrons. The number of methoxy groups -OCH3 is 1. The summed E-state index contributed by atoms with van der Waals surface area (Å²) in [5.41, 5.74) is 0. The van der Waals surface area contributed by atoms with Crippen LogP contribution < -0.4 is 5.32 Å². The molecule has 1 aliphatic heterocycles. The van der Waals surface area contributed by atoms with E-state index in [2.05, 4.69) is 14.8 Å². The summed E-state index contributed by atoms with van der Waals surface area (Å²) in [5, 5.41) is 2.47. The Morgan fingerprint density at radius 1 is 1.77 bits per heavy atom. The van der Waals surface area contributed by atoms with Gasteiger partial charge in [0.15, 0.2) is 0 Å². The zero-order valence-electron chi connectivity index (χ0n) is 7.24. The lowest BCUT2D eigenvalue weighted by Gasteiger charge is -2.06. The lowest BCUT2D eigenvalue weighted by Crippen LogP contribution is -2.27. The monoisotopic (exact) mass is 189 g/mol. The first kappa shape index (κ1) is 9.63. The molecule has 0 aromatic heterocycles. The van der Waals surface area contributed by atoms with Crippen molar-refractivity contribution in [1.82, 2.24) is 5.32 Å². The average Bonchev–Trinajstić information content (AvgIpc) is 2.51. The number of ether oxygens (including phenoxy) is 3. The van der Waals surface area contributed by atoms with Gasteiger partial charge in [0.05, 0.1) is 7.11 Å². The molecule has 0 spiro atoms. The van der Waals surface area contributed by atoms with Crippen LogP contribution in [0.1, 0.15) is 6.42 Å². The molecule has 1 N–H and O–H groups in total. The van der Waals surface area contributed by atoms with E-state index in [0.717, 1.165) is 0 Å². The Morgan fingerprint density at radius 2 is 2.54 bits per heavy atom. The highest BCUT2D eigenvalue weighted by Gasteiger charge is 2.24. The Balaban J connectivity index is 2.06. The van der Waals surface area contributed by atoms with Gasteiger partial charge < -0.3 is 19.5 Å². The third-order valence-electron chi connectivity index (χ3n) is 1.57. The van der Waals surface area contributed by atoms with E-state index in [4.69, 9.17) is 4.74 Å². The predicted molar refractivity (Wildman–Crippen MR) is 41.2 cm³/mol. The summed E-state index contributed by atoms with van der Waals surface area (Å²) in [6, 6.07) is 0. The molecule has 1 amide bonds. The van der Waals surface area contributed by atoms with Crippen LogP contribution in [0.4, 0.5) is 9.59 Å².